The van der Waals surface area contributed by atoms with Crippen LogP contribution in [-0.2, 0) is 0 Å². The highest BCUT2D eigenvalue weighted by Gasteiger charge is 2.33. The van der Waals surface area contributed by atoms with E-state index in [9.17, 15) is 4.39 Å². The maximum atomic E-state index is 13.0. The highest BCUT2D eigenvalue weighted by molar-refractivity contribution is 7.80. The van der Waals surface area contributed by atoms with Gasteiger partial charge < -0.3 is 15.5 Å². The monoisotopic (exact) mass is 364 g/mol. The summed E-state index contributed by atoms with van der Waals surface area (Å²) in [5.74, 6) is -0.247. The number of likely N-dealkylation sites (tertiary alicyclic amines) is 1. The zero-order valence-corrected chi connectivity index (χ0v) is 15.4. The van der Waals surface area contributed by atoms with Crippen LogP contribution in [0.5, 0.6) is 0 Å². The summed E-state index contributed by atoms with van der Waals surface area (Å²) in [6.07, 6.45) is 2.59. The number of rotatable bonds is 5. The van der Waals surface area contributed by atoms with Crippen LogP contribution in [0.25, 0.3) is 0 Å². The normalized spacial score (nSPS) is 17.4. The van der Waals surface area contributed by atoms with E-state index in [0.717, 1.165) is 5.69 Å². The zero-order valence-electron chi connectivity index (χ0n) is 13.7. The summed E-state index contributed by atoms with van der Waals surface area (Å²) in [6, 6.07) is 11.2. The van der Waals surface area contributed by atoms with Crippen molar-refractivity contribution in [1.29, 1.82) is 0 Å². The summed E-state index contributed by atoms with van der Waals surface area (Å²) in [5, 5.41) is 9.28. The van der Waals surface area contributed by atoms with Gasteiger partial charge >= 0.3 is 0 Å². The number of anilines is 1. The molecule has 0 radical (unpaired) electrons. The van der Waals surface area contributed by atoms with Gasteiger partial charge in [-0.1, -0.05) is 6.07 Å². The second kappa shape index (κ2) is 8.05. The minimum atomic E-state index is -0.247. The van der Waals surface area contributed by atoms with Gasteiger partial charge in [-0.3, -0.25) is 0 Å². The maximum Gasteiger partial charge on any atom is 0.171 e. The minimum Gasteiger partial charge on any atom is -0.354 e. The molecule has 3 N–H and O–H groups in total. The highest BCUT2D eigenvalue weighted by atomic mass is 32.1. The lowest BCUT2D eigenvalue weighted by Crippen LogP contribution is -3.11. The second-order valence-corrected chi connectivity index (χ2v) is 7.64. The average Bonchev–Trinajstić information content (AvgIpc) is 3.24. The summed E-state index contributed by atoms with van der Waals surface area (Å²) in [5.41, 5.74) is 0.794. The molecule has 1 aromatic heterocycles. The molecule has 2 heterocycles. The fraction of sp³-hybridized carbons (Fsp3) is 0.389. The minimum absolute atomic E-state index is 0.220. The van der Waals surface area contributed by atoms with E-state index >= 15 is 0 Å². The molecule has 0 aliphatic carbocycles. The van der Waals surface area contributed by atoms with E-state index in [1.807, 2.05) is 11.3 Å². The van der Waals surface area contributed by atoms with Gasteiger partial charge in [0.2, 0.25) is 0 Å². The molecule has 0 amide bonds. The van der Waals surface area contributed by atoms with Crippen LogP contribution in [0.2, 0.25) is 0 Å². The number of thiophene rings is 1. The zero-order chi connectivity index (χ0) is 16.9. The van der Waals surface area contributed by atoms with Crippen LogP contribution < -0.4 is 15.5 Å². The number of benzene rings is 1. The average molecular weight is 365 g/mol. The summed E-state index contributed by atoms with van der Waals surface area (Å²) in [6.45, 7) is 4.62. The first-order chi connectivity index (χ1) is 11.6. The third-order valence-corrected chi connectivity index (χ3v) is 5.67. The second-order valence-electron chi connectivity index (χ2n) is 6.25. The predicted octanol–water partition coefficient (Wildman–Crippen LogP) is 2.98. The van der Waals surface area contributed by atoms with Crippen molar-refractivity contribution < 1.29 is 9.29 Å². The fourth-order valence-electron chi connectivity index (χ4n) is 3.40. The standard InChI is InChI=1S/C18H22FN3S2/c1-13(20-18(23)21-15-8-6-14(19)7-9-15)17(16-5-4-12-24-16)22-10-2-3-11-22/h4-9,12-13,17H,2-3,10-11H2,1H3,(H2,20,21,23)/p+1/t13-,17+/m0/s1. The Kier molecular flexibility index (Phi) is 5.81. The Morgan fingerprint density at radius 3 is 2.54 bits per heavy atom. The third kappa shape index (κ3) is 4.32. The van der Waals surface area contributed by atoms with Crippen molar-refractivity contribution in [2.75, 3.05) is 18.4 Å². The Morgan fingerprint density at radius 2 is 1.92 bits per heavy atom. The first kappa shape index (κ1) is 17.3. The number of quaternary nitrogens is 1. The third-order valence-electron chi connectivity index (χ3n) is 4.50. The van der Waals surface area contributed by atoms with Crippen LogP contribution in [0.3, 0.4) is 0 Å². The lowest BCUT2D eigenvalue weighted by Gasteiger charge is -2.30. The van der Waals surface area contributed by atoms with Gasteiger partial charge in [-0.25, -0.2) is 4.39 Å². The molecular weight excluding hydrogens is 341 g/mol. The van der Waals surface area contributed by atoms with E-state index in [1.54, 1.807) is 17.0 Å². The van der Waals surface area contributed by atoms with Gasteiger partial charge in [-0.2, -0.15) is 0 Å². The number of halogens is 1. The molecule has 1 saturated heterocycles. The molecule has 1 fully saturated rings. The first-order valence-electron chi connectivity index (χ1n) is 8.34. The Hall–Kier alpha value is -1.50. The van der Waals surface area contributed by atoms with Crippen LogP contribution in [0.1, 0.15) is 30.7 Å². The molecule has 2 aromatic rings. The molecule has 1 aliphatic rings. The number of nitrogens with one attached hydrogen (secondary N) is 3. The van der Waals surface area contributed by atoms with Gasteiger partial charge in [-0.15, -0.1) is 11.3 Å². The molecule has 2 atom stereocenters. The summed E-state index contributed by atoms with van der Waals surface area (Å²) < 4.78 is 13.0. The van der Waals surface area contributed by atoms with E-state index in [-0.39, 0.29) is 11.9 Å². The van der Waals surface area contributed by atoms with Gasteiger partial charge in [0.1, 0.15) is 11.9 Å². The van der Waals surface area contributed by atoms with Gasteiger partial charge in [0.15, 0.2) is 5.11 Å². The quantitative estimate of drug-likeness (QED) is 0.713. The Morgan fingerprint density at radius 1 is 1.21 bits per heavy atom. The van der Waals surface area contributed by atoms with Crippen molar-refractivity contribution in [3.63, 3.8) is 0 Å². The van der Waals surface area contributed by atoms with Gasteiger partial charge in [0.25, 0.3) is 0 Å². The molecule has 1 aliphatic heterocycles. The lowest BCUT2D eigenvalue weighted by atomic mass is 10.1. The van der Waals surface area contributed by atoms with Gasteiger partial charge in [0, 0.05) is 18.5 Å². The van der Waals surface area contributed by atoms with Crippen LogP contribution in [0.4, 0.5) is 10.1 Å². The molecule has 0 unspecified atom stereocenters. The van der Waals surface area contributed by atoms with Crippen molar-refractivity contribution in [3.8, 4) is 0 Å². The smallest absolute Gasteiger partial charge is 0.171 e. The van der Waals surface area contributed by atoms with Crippen LogP contribution in [0.15, 0.2) is 41.8 Å². The van der Waals surface area contributed by atoms with E-state index < -0.39 is 0 Å². The van der Waals surface area contributed by atoms with Gasteiger partial charge in [0.05, 0.1) is 24.0 Å². The van der Waals surface area contributed by atoms with E-state index in [2.05, 4.69) is 35.1 Å². The van der Waals surface area contributed by atoms with Gasteiger partial charge in [-0.05, 0) is 54.9 Å². The topological polar surface area (TPSA) is 28.5 Å². The Labute approximate surface area is 151 Å². The van der Waals surface area contributed by atoms with E-state index in [4.69, 9.17) is 12.2 Å². The van der Waals surface area contributed by atoms with Crippen molar-refractivity contribution in [2.24, 2.45) is 0 Å². The fourth-order valence-corrected chi connectivity index (χ4v) is 4.69. The SMILES string of the molecule is C[C@H](NC(=S)Nc1ccc(F)cc1)[C@H](c1cccs1)[NH+]1CCCC1. The van der Waals surface area contributed by atoms with Crippen LogP contribution in [0, 0.1) is 5.82 Å². The number of hydrogen-bond donors (Lipinski definition) is 3. The van der Waals surface area contributed by atoms with Crippen molar-refractivity contribution in [1.82, 2.24) is 5.32 Å². The molecule has 3 rings (SSSR count). The van der Waals surface area contributed by atoms with Crippen LogP contribution in [-0.4, -0.2) is 24.2 Å². The summed E-state index contributed by atoms with van der Waals surface area (Å²) in [7, 11) is 0. The Balaban J connectivity index is 1.65. The highest BCUT2D eigenvalue weighted by Crippen LogP contribution is 2.21. The maximum absolute atomic E-state index is 13.0. The lowest BCUT2D eigenvalue weighted by molar-refractivity contribution is -0.920. The van der Waals surface area contributed by atoms with Crippen molar-refractivity contribution >= 4 is 34.4 Å². The predicted molar refractivity (Wildman–Crippen MR) is 102 cm³/mol. The molecule has 0 saturated carbocycles. The first-order valence-corrected chi connectivity index (χ1v) is 9.63. The molecule has 3 nitrogen and oxygen atoms in total. The van der Waals surface area contributed by atoms with E-state index in [1.165, 1.54) is 42.9 Å². The van der Waals surface area contributed by atoms with Crippen molar-refractivity contribution in [2.45, 2.75) is 31.8 Å². The van der Waals surface area contributed by atoms with E-state index in [0.29, 0.717) is 11.2 Å². The summed E-state index contributed by atoms with van der Waals surface area (Å²) in [4.78, 5) is 3.03. The van der Waals surface area contributed by atoms with Crippen LogP contribution >= 0.6 is 23.6 Å². The molecule has 6 heteroatoms. The molecular formula is C18H23FN3S2+. The Bertz CT molecular complexity index is 651. The summed E-state index contributed by atoms with van der Waals surface area (Å²) >= 11 is 7.26. The molecule has 0 bridgehead atoms. The molecule has 0 spiro atoms. The number of hydrogen-bond acceptors (Lipinski definition) is 2. The molecule has 128 valence electrons. The molecule has 24 heavy (non-hydrogen) atoms. The molecule has 1 aromatic carbocycles. The largest absolute Gasteiger partial charge is 0.354 e. The van der Waals surface area contributed by atoms with Crippen molar-refractivity contribution in [3.05, 3.63) is 52.5 Å². The number of thiocarbonyl (C=S) groups is 1.